The van der Waals surface area contributed by atoms with Crippen LogP contribution in [0.2, 0.25) is 0 Å². The monoisotopic (exact) mass is 347 g/mol. The van der Waals surface area contributed by atoms with Gasteiger partial charge in [-0.15, -0.1) is 0 Å². The third kappa shape index (κ3) is 3.78. The summed E-state index contributed by atoms with van der Waals surface area (Å²) >= 11 is 3.36. The number of aliphatic hydroxyl groups is 1. The summed E-state index contributed by atoms with van der Waals surface area (Å²) in [5.74, 6) is 0. The molecule has 1 aromatic carbocycles. The molecule has 0 amide bonds. The predicted molar refractivity (Wildman–Crippen MR) is 77.5 cm³/mol. The number of sulfonamides is 1. The van der Waals surface area contributed by atoms with E-state index in [1.165, 1.54) is 0 Å². The Kier molecular flexibility index (Phi) is 4.66. The van der Waals surface area contributed by atoms with E-state index in [1.807, 2.05) is 6.92 Å². The molecule has 4 nitrogen and oxygen atoms in total. The predicted octanol–water partition coefficient (Wildman–Crippen LogP) is 2.34. The van der Waals surface area contributed by atoms with Gasteiger partial charge in [-0.05, 0) is 56.4 Å². The van der Waals surface area contributed by atoms with Crippen LogP contribution in [0.5, 0.6) is 0 Å². The molecular weight excluding hydrogens is 330 g/mol. The van der Waals surface area contributed by atoms with Crippen molar-refractivity contribution >= 4 is 26.0 Å². The normalized spacial score (nSPS) is 24.4. The Morgan fingerprint density at radius 1 is 1.26 bits per heavy atom. The van der Waals surface area contributed by atoms with Crippen molar-refractivity contribution in [1.82, 2.24) is 4.72 Å². The summed E-state index contributed by atoms with van der Waals surface area (Å²) in [5.41, 5.74) is 0.891. The van der Waals surface area contributed by atoms with Gasteiger partial charge in [0, 0.05) is 10.5 Å². The molecule has 1 aromatic rings. The molecule has 6 heteroatoms. The number of hydrogen-bond acceptors (Lipinski definition) is 3. The first-order chi connectivity index (χ1) is 8.88. The van der Waals surface area contributed by atoms with Gasteiger partial charge in [0.1, 0.15) is 0 Å². The SMILES string of the molecule is Cc1cc(S(=O)(=O)NC2CCC(O)CC2)ccc1Br. The van der Waals surface area contributed by atoms with Crippen LogP contribution < -0.4 is 4.72 Å². The van der Waals surface area contributed by atoms with Crippen LogP contribution in [0.4, 0.5) is 0 Å². The average Bonchev–Trinajstić information content (AvgIpc) is 2.35. The van der Waals surface area contributed by atoms with Gasteiger partial charge < -0.3 is 5.11 Å². The average molecular weight is 348 g/mol. The van der Waals surface area contributed by atoms with Crippen molar-refractivity contribution in [3.05, 3.63) is 28.2 Å². The molecule has 1 aliphatic carbocycles. The molecule has 0 aromatic heterocycles. The highest BCUT2D eigenvalue weighted by Crippen LogP contribution is 2.23. The standard InChI is InChI=1S/C13H18BrNO3S/c1-9-8-12(6-7-13(9)14)19(17,18)15-10-2-4-11(16)5-3-10/h6-8,10-11,15-16H,2-5H2,1H3. The number of hydrogen-bond donors (Lipinski definition) is 2. The van der Waals surface area contributed by atoms with E-state index in [0.29, 0.717) is 30.6 Å². The zero-order valence-electron chi connectivity index (χ0n) is 10.8. The van der Waals surface area contributed by atoms with Crippen LogP contribution in [0.25, 0.3) is 0 Å². The van der Waals surface area contributed by atoms with Crippen LogP contribution in [0.1, 0.15) is 31.2 Å². The minimum absolute atomic E-state index is 0.0719. The quantitative estimate of drug-likeness (QED) is 0.881. The topological polar surface area (TPSA) is 66.4 Å². The molecule has 0 radical (unpaired) electrons. The van der Waals surface area contributed by atoms with E-state index in [4.69, 9.17) is 0 Å². The third-order valence-electron chi connectivity index (χ3n) is 3.46. The van der Waals surface area contributed by atoms with Crippen LogP contribution >= 0.6 is 15.9 Å². The van der Waals surface area contributed by atoms with Gasteiger partial charge in [-0.25, -0.2) is 13.1 Å². The number of benzene rings is 1. The van der Waals surface area contributed by atoms with Gasteiger partial charge in [0.05, 0.1) is 11.0 Å². The molecule has 2 rings (SSSR count). The van der Waals surface area contributed by atoms with Gasteiger partial charge in [-0.3, -0.25) is 0 Å². The first-order valence-corrected chi connectivity index (χ1v) is 8.62. The molecule has 0 atom stereocenters. The lowest BCUT2D eigenvalue weighted by Gasteiger charge is -2.26. The van der Waals surface area contributed by atoms with Crippen molar-refractivity contribution < 1.29 is 13.5 Å². The lowest BCUT2D eigenvalue weighted by atomic mass is 9.94. The highest BCUT2D eigenvalue weighted by molar-refractivity contribution is 9.10. The van der Waals surface area contributed by atoms with Crippen LogP contribution in [-0.4, -0.2) is 25.7 Å². The maximum Gasteiger partial charge on any atom is 0.240 e. The molecule has 0 spiro atoms. The molecule has 1 saturated carbocycles. The largest absolute Gasteiger partial charge is 0.393 e. The summed E-state index contributed by atoms with van der Waals surface area (Å²) in [7, 11) is -3.47. The van der Waals surface area contributed by atoms with E-state index in [9.17, 15) is 13.5 Å². The summed E-state index contributed by atoms with van der Waals surface area (Å²) in [6.07, 6.45) is 2.42. The summed E-state index contributed by atoms with van der Waals surface area (Å²) in [4.78, 5) is 0.291. The number of rotatable bonds is 3. The smallest absolute Gasteiger partial charge is 0.240 e. The lowest BCUT2D eigenvalue weighted by Crippen LogP contribution is -2.38. The highest BCUT2D eigenvalue weighted by Gasteiger charge is 2.24. The van der Waals surface area contributed by atoms with Gasteiger partial charge in [0.2, 0.25) is 10.0 Å². The maximum atomic E-state index is 12.3. The fourth-order valence-corrected chi connectivity index (χ4v) is 3.90. The Hall–Kier alpha value is -0.430. The van der Waals surface area contributed by atoms with Crippen molar-refractivity contribution in [1.29, 1.82) is 0 Å². The molecule has 0 unspecified atom stereocenters. The van der Waals surface area contributed by atoms with Gasteiger partial charge in [-0.2, -0.15) is 0 Å². The van der Waals surface area contributed by atoms with E-state index >= 15 is 0 Å². The Labute approximate surface area is 122 Å². The Morgan fingerprint density at radius 2 is 1.89 bits per heavy atom. The molecule has 0 saturated heterocycles. The van der Waals surface area contributed by atoms with E-state index in [2.05, 4.69) is 20.7 Å². The van der Waals surface area contributed by atoms with E-state index < -0.39 is 10.0 Å². The van der Waals surface area contributed by atoms with Gasteiger partial charge in [-0.1, -0.05) is 15.9 Å². The molecular formula is C13H18BrNO3S. The first kappa shape index (κ1) is 15.0. The van der Waals surface area contributed by atoms with Crippen LogP contribution in [-0.2, 0) is 10.0 Å². The van der Waals surface area contributed by atoms with Crippen molar-refractivity contribution in [3.63, 3.8) is 0 Å². The van der Waals surface area contributed by atoms with E-state index in [1.54, 1.807) is 18.2 Å². The highest BCUT2D eigenvalue weighted by atomic mass is 79.9. The zero-order valence-corrected chi connectivity index (χ0v) is 13.2. The maximum absolute atomic E-state index is 12.3. The minimum Gasteiger partial charge on any atom is -0.393 e. The first-order valence-electron chi connectivity index (χ1n) is 6.35. The van der Waals surface area contributed by atoms with Crippen molar-refractivity contribution in [2.75, 3.05) is 0 Å². The van der Waals surface area contributed by atoms with Crippen LogP contribution in [0.15, 0.2) is 27.6 Å². The zero-order chi connectivity index (χ0) is 14.0. The second-order valence-electron chi connectivity index (χ2n) is 5.04. The second kappa shape index (κ2) is 5.91. The second-order valence-corrected chi connectivity index (χ2v) is 7.61. The molecule has 1 aliphatic rings. The fourth-order valence-electron chi connectivity index (χ4n) is 2.27. The summed E-state index contributed by atoms with van der Waals surface area (Å²) in [6, 6.07) is 4.92. The number of nitrogens with one attached hydrogen (secondary N) is 1. The summed E-state index contributed by atoms with van der Waals surface area (Å²) in [5, 5.41) is 9.43. The molecule has 0 heterocycles. The molecule has 2 N–H and O–H groups in total. The van der Waals surface area contributed by atoms with Crippen LogP contribution in [0, 0.1) is 6.92 Å². The Bertz CT molecular complexity index is 551. The van der Waals surface area contributed by atoms with E-state index in [-0.39, 0.29) is 12.1 Å². The van der Waals surface area contributed by atoms with E-state index in [0.717, 1.165) is 10.0 Å². The molecule has 0 bridgehead atoms. The lowest BCUT2D eigenvalue weighted by molar-refractivity contribution is 0.120. The third-order valence-corrected chi connectivity index (χ3v) is 5.87. The summed E-state index contributed by atoms with van der Waals surface area (Å²) in [6.45, 7) is 1.86. The van der Waals surface area contributed by atoms with Crippen LogP contribution in [0.3, 0.4) is 0 Å². The molecule has 106 valence electrons. The number of halogens is 1. The van der Waals surface area contributed by atoms with Crippen molar-refractivity contribution in [2.24, 2.45) is 0 Å². The fraction of sp³-hybridized carbons (Fsp3) is 0.538. The summed E-state index contributed by atoms with van der Waals surface area (Å²) < 4.78 is 28.1. The molecule has 19 heavy (non-hydrogen) atoms. The molecule has 0 aliphatic heterocycles. The van der Waals surface area contributed by atoms with Crippen molar-refractivity contribution in [2.45, 2.75) is 49.6 Å². The van der Waals surface area contributed by atoms with Crippen molar-refractivity contribution in [3.8, 4) is 0 Å². The number of aliphatic hydroxyl groups excluding tert-OH is 1. The number of aryl methyl sites for hydroxylation is 1. The Morgan fingerprint density at radius 3 is 2.47 bits per heavy atom. The van der Waals surface area contributed by atoms with Gasteiger partial charge in [0.15, 0.2) is 0 Å². The Balaban J connectivity index is 2.11. The molecule has 1 fully saturated rings. The van der Waals surface area contributed by atoms with Gasteiger partial charge in [0.25, 0.3) is 0 Å². The van der Waals surface area contributed by atoms with Gasteiger partial charge >= 0.3 is 0 Å². The minimum atomic E-state index is -3.47.